The van der Waals surface area contributed by atoms with Gasteiger partial charge < -0.3 is 4.74 Å². The van der Waals surface area contributed by atoms with E-state index < -0.39 is 19.5 Å². The summed E-state index contributed by atoms with van der Waals surface area (Å²) >= 11 is -11.2. The number of nitrogens with zero attached hydrogens (tertiary/aromatic N) is 1. The number of quaternary nitrogens is 1. The van der Waals surface area contributed by atoms with E-state index >= 15 is 0 Å². The third kappa shape index (κ3) is 10.9. The molecule has 0 aromatic heterocycles. The van der Waals surface area contributed by atoms with E-state index in [1.54, 1.807) is 7.11 Å². The fourth-order valence-corrected chi connectivity index (χ4v) is 2.11. The van der Waals surface area contributed by atoms with Crippen LogP contribution in [0.3, 0.4) is 0 Å². The van der Waals surface area contributed by atoms with Crippen molar-refractivity contribution in [1.82, 2.24) is 4.48 Å². The zero-order valence-corrected chi connectivity index (χ0v) is 16.5. The Labute approximate surface area is 145 Å². The Kier molecular flexibility index (Phi) is 5.82. The standard InChI is InChI=1S/C16H20NO.6FH.Sb/c1-17(2,15-7-5-4-6-8-15)13-14-9-11-16(18-3)12-10-14;;;;;;;/h4-12H,13H2,1-3H3;6*1H;/q+1;;;;;;;+5/p-6. The molecule has 0 fully saturated rings. The van der Waals surface area contributed by atoms with Crippen LogP contribution in [0.2, 0.25) is 0 Å². The molecule has 0 saturated carbocycles. The van der Waals surface area contributed by atoms with Gasteiger partial charge in [-0.2, -0.15) is 0 Å². The first-order valence-electron chi connectivity index (χ1n) is 7.15. The molecule has 0 aliphatic rings. The molecule has 0 aliphatic carbocycles. The minimum atomic E-state index is -11.2. The van der Waals surface area contributed by atoms with Gasteiger partial charge in [-0.1, -0.05) is 18.2 Å². The first-order valence-corrected chi connectivity index (χ1v) is 12.9. The summed E-state index contributed by atoms with van der Waals surface area (Å²) in [6, 6.07) is 18.8. The summed E-state index contributed by atoms with van der Waals surface area (Å²) in [5, 5.41) is 0. The maximum absolute atomic E-state index is 11.2. The Bertz CT molecular complexity index is 673. The minimum absolute atomic E-state index is 0.840. The maximum atomic E-state index is 9.93. The Hall–Kier alpha value is -1.40. The van der Waals surface area contributed by atoms with Crippen molar-refractivity contribution in [3.05, 3.63) is 60.2 Å². The molecule has 2 aromatic rings. The van der Waals surface area contributed by atoms with E-state index in [9.17, 15) is 16.9 Å². The zero-order valence-electron chi connectivity index (χ0n) is 14.0. The van der Waals surface area contributed by atoms with Gasteiger partial charge in [0.05, 0.1) is 21.2 Å². The van der Waals surface area contributed by atoms with Gasteiger partial charge in [0.25, 0.3) is 0 Å². The van der Waals surface area contributed by atoms with E-state index in [4.69, 9.17) is 4.74 Å². The van der Waals surface area contributed by atoms with Crippen LogP contribution >= 0.6 is 0 Å². The van der Waals surface area contributed by atoms with Gasteiger partial charge in [0.2, 0.25) is 0 Å². The summed E-state index contributed by atoms with van der Waals surface area (Å²) in [6.45, 7) is 0.966. The summed E-state index contributed by atoms with van der Waals surface area (Å²) in [5.74, 6) is 0.906. The summed E-state index contributed by atoms with van der Waals surface area (Å²) < 4.78 is 65.6. The third-order valence-electron chi connectivity index (χ3n) is 3.19. The molecule has 0 atom stereocenters. The molecule has 2 rings (SSSR count). The van der Waals surface area contributed by atoms with Crippen LogP contribution in [0.25, 0.3) is 0 Å². The van der Waals surface area contributed by atoms with Crippen LogP contribution in [-0.4, -0.2) is 40.7 Å². The number of hydrogen-bond acceptors (Lipinski definition) is 1. The van der Waals surface area contributed by atoms with Crippen LogP contribution in [0.15, 0.2) is 54.6 Å². The number of ether oxygens (including phenoxy) is 1. The van der Waals surface area contributed by atoms with Crippen LogP contribution in [0.4, 0.5) is 22.6 Å². The average Bonchev–Trinajstić information content (AvgIpc) is 2.45. The molecule has 0 heterocycles. The predicted octanol–water partition coefficient (Wildman–Crippen LogP) is 5.60. The van der Waals surface area contributed by atoms with E-state index in [-0.39, 0.29) is 0 Å². The van der Waals surface area contributed by atoms with Crippen LogP contribution in [0.1, 0.15) is 5.56 Å². The van der Waals surface area contributed by atoms with Crippen molar-refractivity contribution in [3.8, 4) is 5.75 Å². The van der Waals surface area contributed by atoms with E-state index in [1.165, 1.54) is 11.3 Å². The average molecular weight is 478 g/mol. The quantitative estimate of drug-likeness (QED) is 0.316. The molecule has 2 nitrogen and oxygen atoms in total. The second-order valence-corrected chi connectivity index (χ2v) is 11.5. The summed E-state index contributed by atoms with van der Waals surface area (Å²) in [4.78, 5) is 0. The van der Waals surface area contributed by atoms with E-state index in [1.807, 2.05) is 12.1 Å². The third-order valence-corrected chi connectivity index (χ3v) is 3.19. The summed E-state index contributed by atoms with van der Waals surface area (Å²) in [6.07, 6.45) is 0. The Morgan fingerprint density at radius 3 is 1.64 bits per heavy atom. The molecule has 0 saturated heterocycles. The first-order chi connectivity index (χ1) is 11.1. The van der Waals surface area contributed by atoms with Crippen molar-refractivity contribution in [2.45, 2.75) is 6.54 Å². The van der Waals surface area contributed by atoms with Crippen molar-refractivity contribution in [1.29, 1.82) is 0 Å². The Morgan fingerprint density at radius 2 is 1.24 bits per heavy atom. The second kappa shape index (κ2) is 6.72. The van der Waals surface area contributed by atoms with Gasteiger partial charge in [-0.15, -0.1) is 0 Å². The van der Waals surface area contributed by atoms with E-state index in [0.717, 1.165) is 16.8 Å². The zero-order chi connectivity index (χ0) is 19.4. The number of benzene rings is 2. The molecule has 0 radical (unpaired) electrons. The van der Waals surface area contributed by atoms with Crippen molar-refractivity contribution >= 4 is 25.2 Å². The van der Waals surface area contributed by atoms with Crippen molar-refractivity contribution in [2.75, 3.05) is 21.2 Å². The van der Waals surface area contributed by atoms with Crippen LogP contribution < -0.4 is 9.22 Å². The molecular weight excluding hydrogens is 458 g/mol. The molecule has 0 aliphatic heterocycles. The molecule has 0 spiro atoms. The molecule has 0 amide bonds. The number of halogens is 6. The first kappa shape index (κ1) is 21.6. The number of hydrogen-bond donors (Lipinski definition) is 0. The van der Waals surface area contributed by atoms with E-state index in [0.29, 0.717) is 0 Å². The fraction of sp³-hybridized carbons (Fsp3) is 0.250. The molecule has 0 unspecified atom stereocenters. The predicted molar refractivity (Wildman–Crippen MR) is 89.2 cm³/mol. The molecule has 2 aromatic carbocycles. The van der Waals surface area contributed by atoms with E-state index in [2.05, 4.69) is 56.6 Å². The topological polar surface area (TPSA) is 9.23 Å². The SMILES string of the molecule is COc1ccc(C[N+](C)(C)c2ccccc2)cc1.[F][Sb-]([F])([F])([F])([F])[F]. The number of para-hydroxylation sites is 1. The molecule has 25 heavy (non-hydrogen) atoms. The summed E-state index contributed by atoms with van der Waals surface area (Å²) in [5.41, 5.74) is 2.62. The molecule has 0 N–H and O–H groups in total. The van der Waals surface area contributed by atoms with Crippen molar-refractivity contribution < 1.29 is 21.6 Å². The van der Waals surface area contributed by atoms with Crippen LogP contribution in [0, 0.1) is 0 Å². The fourth-order valence-electron chi connectivity index (χ4n) is 2.11. The molecule has 9 heteroatoms. The van der Waals surface area contributed by atoms with Gasteiger partial charge in [-0.25, -0.2) is 0 Å². The van der Waals surface area contributed by atoms with Crippen molar-refractivity contribution in [2.24, 2.45) is 0 Å². The summed E-state index contributed by atoms with van der Waals surface area (Å²) in [7, 11) is 6.14. The van der Waals surface area contributed by atoms with Crippen LogP contribution in [0.5, 0.6) is 5.75 Å². The molecule has 0 bridgehead atoms. The molecule has 142 valence electrons. The second-order valence-electron chi connectivity index (χ2n) is 5.99. The van der Waals surface area contributed by atoms with Gasteiger partial charge >= 0.3 is 36.4 Å². The van der Waals surface area contributed by atoms with Gasteiger partial charge in [-0.3, -0.25) is 4.48 Å². The number of rotatable bonds is 4. The van der Waals surface area contributed by atoms with Crippen molar-refractivity contribution in [3.63, 3.8) is 0 Å². The Balaban J connectivity index is 0.000000381. The van der Waals surface area contributed by atoms with Gasteiger partial charge in [0.1, 0.15) is 18.0 Å². The van der Waals surface area contributed by atoms with Crippen LogP contribution in [-0.2, 0) is 6.54 Å². The molecular formula is C16H20F6NOSb. The monoisotopic (exact) mass is 477 g/mol. The normalized spacial score (nSPS) is 14.6. The Morgan fingerprint density at radius 1 is 0.800 bits per heavy atom. The number of methoxy groups -OCH3 is 1. The van der Waals surface area contributed by atoms with Gasteiger partial charge in [-0.05, 0) is 36.4 Å². The van der Waals surface area contributed by atoms with Gasteiger partial charge in [0, 0.05) is 5.56 Å². The van der Waals surface area contributed by atoms with Gasteiger partial charge in [0.15, 0.2) is 0 Å².